The maximum absolute atomic E-state index is 13.5. The third-order valence-corrected chi connectivity index (χ3v) is 2.12. The van der Waals surface area contributed by atoms with Gasteiger partial charge in [-0.1, -0.05) is 0 Å². The van der Waals surface area contributed by atoms with Crippen LogP contribution < -0.4 is 5.32 Å². The summed E-state index contributed by atoms with van der Waals surface area (Å²) in [6, 6.07) is 0. The van der Waals surface area contributed by atoms with Gasteiger partial charge in [0.05, 0.1) is 12.3 Å². The fraction of sp³-hybridized carbons (Fsp3) is 0.636. The molecule has 1 rings (SSSR count). The maximum atomic E-state index is 13.5. The number of alkyl halides is 2. The van der Waals surface area contributed by atoms with Crippen molar-refractivity contribution in [3.05, 3.63) is 17.3 Å². The van der Waals surface area contributed by atoms with Gasteiger partial charge in [0.15, 0.2) is 11.6 Å². The molecule has 0 aliphatic heterocycles. The molecule has 0 aromatic carbocycles. The van der Waals surface area contributed by atoms with Crippen molar-refractivity contribution in [2.24, 2.45) is 0 Å². The van der Waals surface area contributed by atoms with Gasteiger partial charge in [-0.2, -0.15) is 0 Å². The predicted molar refractivity (Wildman–Crippen MR) is 61.4 cm³/mol. The number of rotatable bonds is 7. The first-order chi connectivity index (χ1) is 8.54. The van der Waals surface area contributed by atoms with E-state index in [-0.39, 0.29) is 24.5 Å². The number of nitrogens with one attached hydrogen (secondary N) is 1. The minimum absolute atomic E-state index is 0.0843. The largest absolute Gasteiger partial charge is 0.375 e. The SMILES string of the molecule is CCNc1nc(CCOCC(F)F)nc(C)c1F. The Balaban J connectivity index is 2.60. The van der Waals surface area contributed by atoms with Crippen LogP contribution in [0.3, 0.4) is 0 Å². The second-order valence-electron chi connectivity index (χ2n) is 3.63. The molecule has 0 amide bonds. The van der Waals surface area contributed by atoms with Crippen LogP contribution in [0.25, 0.3) is 0 Å². The van der Waals surface area contributed by atoms with Crippen LogP contribution in [0.1, 0.15) is 18.4 Å². The van der Waals surface area contributed by atoms with E-state index in [0.717, 1.165) is 0 Å². The lowest BCUT2D eigenvalue weighted by Crippen LogP contribution is -2.12. The Hall–Kier alpha value is -1.37. The minimum Gasteiger partial charge on any atom is -0.375 e. The van der Waals surface area contributed by atoms with E-state index < -0.39 is 18.8 Å². The zero-order chi connectivity index (χ0) is 13.5. The van der Waals surface area contributed by atoms with E-state index >= 15 is 0 Å². The van der Waals surface area contributed by atoms with E-state index in [4.69, 9.17) is 4.74 Å². The third-order valence-electron chi connectivity index (χ3n) is 2.12. The number of aryl methyl sites for hydroxylation is 1. The summed E-state index contributed by atoms with van der Waals surface area (Å²) >= 11 is 0. The average molecular weight is 263 g/mol. The molecule has 4 nitrogen and oxygen atoms in total. The van der Waals surface area contributed by atoms with Gasteiger partial charge in [-0.15, -0.1) is 0 Å². The summed E-state index contributed by atoms with van der Waals surface area (Å²) in [5, 5.41) is 2.78. The van der Waals surface area contributed by atoms with Crippen molar-refractivity contribution in [3.8, 4) is 0 Å². The molecule has 0 bridgehead atoms. The molecular formula is C11H16F3N3O. The Morgan fingerprint density at radius 2 is 2.06 bits per heavy atom. The van der Waals surface area contributed by atoms with Gasteiger partial charge in [-0.25, -0.2) is 23.1 Å². The van der Waals surface area contributed by atoms with E-state index in [9.17, 15) is 13.2 Å². The van der Waals surface area contributed by atoms with Gasteiger partial charge in [0.1, 0.15) is 12.4 Å². The van der Waals surface area contributed by atoms with Crippen LogP contribution in [0.15, 0.2) is 0 Å². The third kappa shape index (κ3) is 4.48. The van der Waals surface area contributed by atoms with E-state index in [1.165, 1.54) is 6.92 Å². The number of nitrogens with zero attached hydrogens (tertiary/aromatic N) is 2. The zero-order valence-corrected chi connectivity index (χ0v) is 10.3. The van der Waals surface area contributed by atoms with Gasteiger partial charge in [0.25, 0.3) is 6.43 Å². The van der Waals surface area contributed by atoms with Crippen LogP contribution >= 0.6 is 0 Å². The lowest BCUT2D eigenvalue weighted by molar-refractivity contribution is 0.0182. The molecule has 0 unspecified atom stereocenters. The first-order valence-corrected chi connectivity index (χ1v) is 5.67. The molecular weight excluding hydrogens is 247 g/mol. The number of halogens is 3. The Morgan fingerprint density at radius 1 is 1.33 bits per heavy atom. The fourth-order valence-electron chi connectivity index (χ4n) is 1.35. The summed E-state index contributed by atoms with van der Waals surface area (Å²) in [7, 11) is 0. The van der Waals surface area contributed by atoms with Crippen LogP contribution in [0.2, 0.25) is 0 Å². The molecule has 0 atom stereocenters. The highest BCUT2D eigenvalue weighted by molar-refractivity contribution is 5.37. The van der Waals surface area contributed by atoms with Crippen molar-refractivity contribution in [2.75, 3.05) is 25.1 Å². The highest BCUT2D eigenvalue weighted by Crippen LogP contribution is 2.13. The van der Waals surface area contributed by atoms with Gasteiger partial charge < -0.3 is 10.1 Å². The number of aromatic nitrogens is 2. The number of anilines is 1. The van der Waals surface area contributed by atoms with Crippen molar-refractivity contribution in [2.45, 2.75) is 26.7 Å². The van der Waals surface area contributed by atoms with Crippen molar-refractivity contribution in [3.63, 3.8) is 0 Å². The Morgan fingerprint density at radius 3 is 2.67 bits per heavy atom. The monoisotopic (exact) mass is 263 g/mol. The second-order valence-corrected chi connectivity index (χ2v) is 3.63. The quantitative estimate of drug-likeness (QED) is 0.766. The molecule has 1 aromatic rings. The van der Waals surface area contributed by atoms with Crippen LogP contribution in [-0.2, 0) is 11.2 Å². The molecule has 0 fully saturated rings. The molecule has 0 aliphatic rings. The summed E-state index contributed by atoms with van der Waals surface area (Å²) in [5.41, 5.74) is 0.227. The summed E-state index contributed by atoms with van der Waals surface area (Å²) in [6.07, 6.45) is -2.22. The zero-order valence-electron chi connectivity index (χ0n) is 10.3. The Labute approximate surface area is 104 Å². The fourth-order valence-corrected chi connectivity index (χ4v) is 1.35. The van der Waals surface area contributed by atoms with Gasteiger partial charge >= 0.3 is 0 Å². The van der Waals surface area contributed by atoms with Crippen molar-refractivity contribution >= 4 is 5.82 Å². The summed E-state index contributed by atoms with van der Waals surface area (Å²) in [6.45, 7) is 3.36. The van der Waals surface area contributed by atoms with Crippen molar-refractivity contribution < 1.29 is 17.9 Å². The summed E-state index contributed by atoms with van der Waals surface area (Å²) in [5.74, 6) is 0.0158. The van der Waals surface area contributed by atoms with Crippen LogP contribution in [0, 0.1) is 12.7 Å². The molecule has 1 aromatic heterocycles. The van der Waals surface area contributed by atoms with Crippen molar-refractivity contribution in [1.82, 2.24) is 9.97 Å². The smallest absolute Gasteiger partial charge is 0.261 e. The molecule has 0 spiro atoms. The van der Waals surface area contributed by atoms with Gasteiger partial charge in [0.2, 0.25) is 0 Å². The van der Waals surface area contributed by atoms with Crippen LogP contribution in [-0.4, -0.2) is 36.2 Å². The van der Waals surface area contributed by atoms with E-state index in [0.29, 0.717) is 12.4 Å². The van der Waals surface area contributed by atoms with Crippen molar-refractivity contribution in [1.29, 1.82) is 0 Å². The molecule has 7 heteroatoms. The number of hydrogen-bond donors (Lipinski definition) is 1. The first kappa shape index (κ1) is 14.7. The lowest BCUT2D eigenvalue weighted by atomic mass is 10.3. The molecule has 18 heavy (non-hydrogen) atoms. The van der Waals surface area contributed by atoms with E-state index in [2.05, 4.69) is 15.3 Å². The predicted octanol–water partition coefficient (Wildman–Crippen LogP) is 2.18. The number of hydrogen-bond acceptors (Lipinski definition) is 4. The first-order valence-electron chi connectivity index (χ1n) is 5.67. The molecule has 0 radical (unpaired) electrons. The Kier molecular flexibility index (Phi) is 5.84. The molecule has 1 heterocycles. The van der Waals surface area contributed by atoms with Crippen LogP contribution in [0.4, 0.5) is 19.0 Å². The Bertz CT molecular complexity index is 388. The normalized spacial score (nSPS) is 11.0. The number of ether oxygens (including phenoxy) is 1. The van der Waals surface area contributed by atoms with Gasteiger partial charge in [-0.05, 0) is 13.8 Å². The summed E-state index contributed by atoms with van der Waals surface area (Å²) < 4.78 is 41.9. The maximum Gasteiger partial charge on any atom is 0.261 e. The molecule has 102 valence electrons. The van der Waals surface area contributed by atoms with Gasteiger partial charge in [-0.3, -0.25) is 0 Å². The summed E-state index contributed by atoms with van der Waals surface area (Å²) in [4.78, 5) is 7.91. The van der Waals surface area contributed by atoms with Gasteiger partial charge in [0, 0.05) is 13.0 Å². The molecule has 0 saturated carbocycles. The van der Waals surface area contributed by atoms with Crippen LogP contribution in [0.5, 0.6) is 0 Å². The molecule has 0 aliphatic carbocycles. The highest BCUT2D eigenvalue weighted by atomic mass is 19.3. The minimum atomic E-state index is -2.49. The van der Waals surface area contributed by atoms with E-state index in [1.54, 1.807) is 0 Å². The molecule has 1 N–H and O–H groups in total. The average Bonchev–Trinajstić information content (AvgIpc) is 2.31. The highest BCUT2D eigenvalue weighted by Gasteiger charge is 2.11. The van der Waals surface area contributed by atoms with E-state index in [1.807, 2.05) is 6.92 Å². The topological polar surface area (TPSA) is 47.0 Å². The second kappa shape index (κ2) is 7.15. The standard InChI is InChI=1S/C11H16F3N3O/c1-3-15-11-10(14)7(2)16-9(17-11)4-5-18-6-8(12)13/h8H,3-6H2,1-2H3,(H,15,16,17). The lowest BCUT2D eigenvalue weighted by Gasteiger charge is -2.09. The molecule has 0 saturated heterocycles.